The van der Waals surface area contributed by atoms with Crippen molar-refractivity contribution >= 4 is 43.6 Å². The van der Waals surface area contributed by atoms with E-state index in [1.165, 1.54) is 4.68 Å². The summed E-state index contributed by atoms with van der Waals surface area (Å²) in [5, 5.41) is 16.1. The lowest BCUT2D eigenvalue weighted by molar-refractivity contribution is -0.0531. The highest BCUT2D eigenvalue weighted by atomic mass is 35.5. The quantitative estimate of drug-likeness (QED) is 0.263. The maximum atomic E-state index is 12.1. The fraction of sp³-hybridized carbons (Fsp3) is 0.737. The number of rotatable bonds is 8. The van der Waals surface area contributed by atoms with Crippen molar-refractivity contribution < 1.29 is 42.9 Å². The lowest BCUT2D eigenvalue weighted by atomic mass is 9.96. The van der Waals surface area contributed by atoms with Gasteiger partial charge in [0.2, 0.25) is 5.28 Å². The predicted octanol–water partition coefficient (Wildman–Crippen LogP) is 1.18. The minimum atomic E-state index is -4.77. The van der Waals surface area contributed by atoms with Crippen molar-refractivity contribution in [3.63, 3.8) is 0 Å². The van der Waals surface area contributed by atoms with Crippen LogP contribution in [0, 0.1) is 17.8 Å². The molecule has 0 radical (unpaired) electrons. The zero-order valence-corrected chi connectivity index (χ0v) is 21.9. The van der Waals surface area contributed by atoms with Gasteiger partial charge in [0, 0.05) is 30.8 Å². The molecule has 5 heterocycles. The summed E-state index contributed by atoms with van der Waals surface area (Å²) in [5.74, 6) is -0.323. The minimum Gasteiger partial charge on any atom is -0.388 e. The standard InChI is InChI=1S/C19H28ClN5O9P2/c1-2-12-14(8-33-36(30,31)9-35(27,28)29)34-18(15(12)26)25-17-13(3-21-25)16(22-19(20)23-17)24-4-10-6-32-7-11(10)5-24/h3,10-12,14-15,18,26H,2,4-9H2,1H3,(H,30,31)(H2,27,28,29)/t10-,11+,12?,14-,15-,18-/m1/s1. The van der Waals surface area contributed by atoms with E-state index in [1.54, 1.807) is 6.20 Å². The van der Waals surface area contributed by atoms with Crippen molar-refractivity contribution in [2.75, 3.05) is 43.7 Å². The Morgan fingerprint density at radius 3 is 2.53 bits per heavy atom. The van der Waals surface area contributed by atoms with Crippen LogP contribution in [0.4, 0.5) is 5.82 Å². The fourth-order valence-corrected chi connectivity index (χ4v) is 8.03. The smallest absolute Gasteiger partial charge is 0.340 e. The molecule has 14 nitrogen and oxygen atoms in total. The number of anilines is 1. The molecule has 36 heavy (non-hydrogen) atoms. The molecule has 0 spiro atoms. The van der Waals surface area contributed by atoms with Gasteiger partial charge in [0.15, 0.2) is 17.8 Å². The fourth-order valence-electron chi connectivity index (χ4n) is 5.30. The number of aliphatic hydroxyl groups excluding tert-OH is 1. The second kappa shape index (κ2) is 9.85. The van der Waals surface area contributed by atoms with Crippen molar-refractivity contribution in [3.05, 3.63) is 11.5 Å². The molecular formula is C19H28ClN5O9P2. The number of hydrogen-bond donors (Lipinski definition) is 4. The number of aromatic nitrogens is 4. The van der Waals surface area contributed by atoms with Crippen LogP contribution < -0.4 is 4.90 Å². The molecule has 2 aromatic rings. The lowest BCUT2D eigenvalue weighted by Gasteiger charge is -2.20. The minimum absolute atomic E-state index is 0.0191. The number of ether oxygens (including phenoxy) is 2. The molecule has 0 saturated carbocycles. The Hall–Kier alpha value is -1.18. The molecule has 4 N–H and O–H groups in total. The number of nitrogens with zero attached hydrogens (tertiary/aromatic N) is 5. The molecule has 3 aliphatic heterocycles. The van der Waals surface area contributed by atoms with Crippen LogP contribution >= 0.6 is 26.8 Å². The monoisotopic (exact) mass is 567 g/mol. The SMILES string of the molecule is CCC1[C@@H](O)[C@H](n2ncc3c(N4C[C@H]5COC[C@H]5C4)nc(Cl)nc32)O[C@@H]1COP(=O)(O)CP(=O)(O)O. The van der Waals surface area contributed by atoms with Gasteiger partial charge in [-0.25, -0.2) is 4.68 Å². The normalized spacial score (nSPS) is 32.3. The molecule has 200 valence electrons. The Morgan fingerprint density at radius 1 is 1.19 bits per heavy atom. The van der Waals surface area contributed by atoms with Crippen molar-refractivity contribution in [2.45, 2.75) is 31.8 Å². The van der Waals surface area contributed by atoms with E-state index in [4.69, 9.17) is 35.4 Å². The molecule has 0 bridgehead atoms. The third-order valence-electron chi connectivity index (χ3n) is 6.98. The molecule has 3 aliphatic rings. The number of aliphatic hydroxyl groups is 1. The second-order valence-electron chi connectivity index (χ2n) is 9.47. The topological polar surface area (TPSA) is 190 Å². The maximum Gasteiger partial charge on any atom is 0.340 e. The molecule has 2 aromatic heterocycles. The molecule has 3 fully saturated rings. The van der Waals surface area contributed by atoms with Gasteiger partial charge >= 0.3 is 15.2 Å². The van der Waals surface area contributed by atoms with Gasteiger partial charge in [-0.3, -0.25) is 9.13 Å². The first-order chi connectivity index (χ1) is 17.0. The van der Waals surface area contributed by atoms with Gasteiger partial charge < -0.3 is 38.7 Å². The third kappa shape index (κ3) is 5.22. The molecule has 2 unspecified atom stereocenters. The van der Waals surface area contributed by atoms with Crippen LogP contribution in [0.1, 0.15) is 19.6 Å². The summed E-state index contributed by atoms with van der Waals surface area (Å²) in [5.41, 5.74) is 0.369. The summed E-state index contributed by atoms with van der Waals surface area (Å²) in [4.78, 5) is 38.7. The van der Waals surface area contributed by atoms with Gasteiger partial charge in [-0.05, 0) is 18.0 Å². The largest absolute Gasteiger partial charge is 0.388 e. The summed E-state index contributed by atoms with van der Waals surface area (Å²) in [7, 11) is -9.34. The highest BCUT2D eigenvalue weighted by Gasteiger charge is 2.46. The van der Waals surface area contributed by atoms with Crippen LogP contribution in [0.15, 0.2) is 6.20 Å². The molecule has 0 aliphatic carbocycles. The van der Waals surface area contributed by atoms with Crippen LogP contribution in [-0.2, 0) is 23.1 Å². The first kappa shape index (κ1) is 26.4. The summed E-state index contributed by atoms with van der Waals surface area (Å²) in [6.07, 6.45) is -0.855. The van der Waals surface area contributed by atoms with Gasteiger partial charge in [0.05, 0.1) is 37.5 Å². The van der Waals surface area contributed by atoms with Crippen LogP contribution in [0.3, 0.4) is 0 Å². The first-order valence-electron chi connectivity index (χ1n) is 11.5. The van der Waals surface area contributed by atoms with E-state index in [9.17, 15) is 19.1 Å². The highest BCUT2D eigenvalue weighted by Crippen LogP contribution is 2.55. The van der Waals surface area contributed by atoms with E-state index in [1.807, 2.05) is 6.92 Å². The van der Waals surface area contributed by atoms with E-state index < -0.39 is 52.1 Å². The average molecular weight is 568 g/mol. The van der Waals surface area contributed by atoms with E-state index in [-0.39, 0.29) is 5.28 Å². The Morgan fingerprint density at radius 2 is 1.89 bits per heavy atom. The zero-order valence-electron chi connectivity index (χ0n) is 19.3. The van der Waals surface area contributed by atoms with Crippen molar-refractivity contribution in [3.8, 4) is 0 Å². The Balaban J connectivity index is 1.38. The van der Waals surface area contributed by atoms with E-state index in [0.717, 1.165) is 13.1 Å². The Bertz CT molecular complexity index is 1220. The van der Waals surface area contributed by atoms with Gasteiger partial charge in [-0.15, -0.1) is 0 Å². The predicted molar refractivity (Wildman–Crippen MR) is 127 cm³/mol. The molecule has 3 saturated heterocycles. The summed E-state index contributed by atoms with van der Waals surface area (Å²) >= 11 is 6.27. The number of fused-ring (bicyclic) bond motifs is 2. The van der Waals surface area contributed by atoms with Gasteiger partial charge in [0.1, 0.15) is 11.9 Å². The van der Waals surface area contributed by atoms with Crippen LogP contribution in [-0.4, -0.2) is 90.6 Å². The summed E-state index contributed by atoms with van der Waals surface area (Å²) < 4.78 is 41.1. The first-order valence-corrected chi connectivity index (χ1v) is 15.5. The van der Waals surface area contributed by atoms with Crippen molar-refractivity contribution in [1.29, 1.82) is 0 Å². The molecule has 17 heteroatoms. The van der Waals surface area contributed by atoms with Gasteiger partial charge in [0.25, 0.3) is 0 Å². The van der Waals surface area contributed by atoms with Crippen LogP contribution in [0.2, 0.25) is 5.28 Å². The van der Waals surface area contributed by atoms with E-state index >= 15 is 0 Å². The number of hydrogen-bond acceptors (Lipinski definition) is 10. The van der Waals surface area contributed by atoms with Crippen molar-refractivity contribution in [2.24, 2.45) is 17.8 Å². The zero-order chi connectivity index (χ0) is 25.8. The number of halogens is 1. The van der Waals surface area contributed by atoms with Crippen LogP contribution in [0.5, 0.6) is 0 Å². The molecule has 5 rings (SSSR count). The van der Waals surface area contributed by atoms with E-state index in [2.05, 4.69) is 20.0 Å². The van der Waals surface area contributed by atoms with Gasteiger partial charge in [-0.1, -0.05) is 6.92 Å². The lowest BCUT2D eigenvalue weighted by Crippen LogP contribution is -2.28. The molecule has 0 aromatic carbocycles. The van der Waals surface area contributed by atoms with Crippen molar-refractivity contribution in [1.82, 2.24) is 19.7 Å². The Labute approximate surface area is 211 Å². The van der Waals surface area contributed by atoms with Crippen LogP contribution in [0.25, 0.3) is 11.0 Å². The molecular weight excluding hydrogens is 540 g/mol. The van der Waals surface area contributed by atoms with Gasteiger partial charge in [-0.2, -0.15) is 15.1 Å². The average Bonchev–Trinajstić information content (AvgIpc) is 3.52. The second-order valence-corrected chi connectivity index (χ2v) is 13.8. The molecule has 0 amide bonds. The summed E-state index contributed by atoms with van der Waals surface area (Å²) in [6.45, 7) is 4.33. The Kier molecular flexibility index (Phi) is 7.23. The molecule has 7 atom stereocenters. The third-order valence-corrected chi connectivity index (χ3v) is 10.6. The maximum absolute atomic E-state index is 12.1. The highest BCUT2D eigenvalue weighted by molar-refractivity contribution is 7.70. The van der Waals surface area contributed by atoms with E-state index in [0.29, 0.717) is 48.3 Å². The summed E-state index contributed by atoms with van der Waals surface area (Å²) in [6, 6.07) is 0.